The van der Waals surface area contributed by atoms with Crippen molar-refractivity contribution in [3.8, 4) is 34.5 Å². The third-order valence-electron chi connectivity index (χ3n) is 9.19. The molecule has 12 heteroatoms. The second kappa shape index (κ2) is 9.31. The molecule has 0 bridgehead atoms. The normalized spacial score (nSPS) is 12.7. The molecule has 12 nitrogen and oxygen atoms in total. The number of hydrogen-bond donors (Lipinski definition) is 10. The summed E-state index contributed by atoms with van der Waals surface area (Å²) in [6, 6.07) is 4.77. The van der Waals surface area contributed by atoms with Crippen LogP contribution in [-0.4, -0.2) is 71.3 Å². The third kappa shape index (κ3) is 3.35. The van der Waals surface area contributed by atoms with E-state index in [-0.39, 0.29) is 43.1 Å². The molecule has 46 heavy (non-hydrogen) atoms. The Morgan fingerprint density at radius 2 is 0.739 bits per heavy atom. The topological polar surface area (TPSA) is 242 Å². The maximum atomic E-state index is 13.4. The molecule has 0 unspecified atom stereocenters. The number of aliphatic hydroxyl groups is 3. The van der Waals surface area contributed by atoms with Gasteiger partial charge in [0, 0.05) is 55.2 Å². The molecule has 0 saturated heterocycles. The van der Waals surface area contributed by atoms with Crippen LogP contribution in [-0.2, 0) is 0 Å². The lowest BCUT2D eigenvalue weighted by Gasteiger charge is -2.25. The van der Waals surface area contributed by atoms with E-state index in [4.69, 9.17) is 21.1 Å². The number of phenolic OH excluding ortho intramolecular Hbond substituents is 6. The van der Waals surface area contributed by atoms with Crippen molar-refractivity contribution >= 4 is 75.4 Å². The van der Waals surface area contributed by atoms with Crippen molar-refractivity contribution in [2.24, 2.45) is 5.73 Å². The molecule has 8 aromatic rings. The fraction of sp³-hybridized carbons (Fsp3) is 0.176. The van der Waals surface area contributed by atoms with Gasteiger partial charge in [-0.05, 0) is 47.9 Å². The van der Waals surface area contributed by atoms with E-state index in [1.165, 1.54) is 12.1 Å². The van der Waals surface area contributed by atoms with Crippen LogP contribution in [0.5, 0.6) is 34.5 Å². The molecular weight excluding hydrogens is 598 g/mol. The van der Waals surface area contributed by atoms with Gasteiger partial charge in [-0.2, -0.15) is 0 Å². The van der Waals surface area contributed by atoms with Crippen LogP contribution >= 0.6 is 0 Å². The number of fused-ring (bicyclic) bond motifs is 2. The Morgan fingerprint density at radius 1 is 0.457 bits per heavy atom. The largest absolute Gasteiger partial charge is 0.507 e. The summed E-state index contributed by atoms with van der Waals surface area (Å²) in [5.74, 6) is -2.75. The average molecular weight is 626 g/mol. The number of benzene rings is 8. The maximum absolute atomic E-state index is 13.4. The van der Waals surface area contributed by atoms with Gasteiger partial charge in [-0.3, -0.25) is 9.59 Å². The van der Waals surface area contributed by atoms with E-state index in [0.29, 0.717) is 43.4 Å². The van der Waals surface area contributed by atoms with Crippen molar-refractivity contribution in [1.29, 1.82) is 0 Å². The van der Waals surface area contributed by atoms with E-state index in [2.05, 4.69) is 0 Å². The van der Waals surface area contributed by atoms with Gasteiger partial charge >= 0.3 is 0 Å². The summed E-state index contributed by atoms with van der Waals surface area (Å²) < 4.78 is 0. The van der Waals surface area contributed by atoms with Gasteiger partial charge in [0.2, 0.25) is 0 Å². The average Bonchev–Trinajstić information content (AvgIpc) is 2.99. The zero-order chi connectivity index (χ0) is 33.3. The van der Waals surface area contributed by atoms with Crippen molar-refractivity contribution in [1.82, 2.24) is 0 Å². The first-order valence-corrected chi connectivity index (χ1v) is 14.1. The molecule has 8 aromatic carbocycles. The Bertz CT molecular complexity index is 2500. The quantitative estimate of drug-likeness (QED) is 0.101. The molecule has 0 aliphatic heterocycles. The molecule has 0 aromatic heterocycles. The standard InChI is InChI=1S/C30H16O8.C4H11NO3/c1-7-3-9(31)19-23-15(7)16-8(2)4-10(32)20-24(16)28-26-18(12(34)6-14(36)22(26)30(20)38)17-11(33)5-13(35)21(29(19)37)25(17)27(23)28;5-4(1-6,2-7)3-8/h3-6,33-38H,1-2H3;6-8H,1-3,5H2. The van der Waals surface area contributed by atoms with Crippen LogP contribution in [0, 0.1) is 13.8 Å². The molecule has 0 radical (unpaired) electrons. The summed E-state index contributed by atoms with van der Waals surface area (Å²) in [4.78, 5) is 26.7. The second-order valence-corrected chi connectivity index (χ2v) is 12.0. The van der Waals surface area contributed by atoms with Crippen LogP contribution < -0.4 is 16.6 Å². The van der Waals surface area contributed by atoms with E-state index < -0.39 is 70.7 Å². The van der Waals surface area contributed by atoms with Gasteiger partial charge < -0.3 is 51.7 Å². The summed E-state index contributed by atoms with van der Waals surface area (Å²) in [6.45, 7) is 2.26. The minimum absolute atomic E-state index is 0.0431. The highest BCUT2D eigenvalue weighted by Gasteiger charge is 2.33. The summed E-state index contributed by atoms with van der Waals surface area (Å²) in [7, 11) is 0. The van der Waals surface area contributed by atoms with Crippen molar-refractivity contribution in [3.05, 3.63) is 55.8 Å². The highest BCUT2D eigenvalue weighted by atomic mass is 16.3. The first-order valence-electron chi connectivity index (χ1n) is 14.1. The fourth-order valence-electron chi connectivity index (χ4n) is 7.13. The number of nitrogens with two attached hydrogens (primary N) is 1. The van der Waals surface area contributed by atoms with E-state index in [9.17, 15) is 40.2 Å². The molecule has 0 aliphatic rings. The molecule has 0 aliphatic carbocycles. The number of aryl methyl sites for hydroxylation is 2. The molecule has 0 spiro atoms. The SMILES string of the molecule is Cc1cc(=O)c2c(O)c3c(O)cc(O)c4c5c(O)cc(O)c6c(O)c7c(=O)cc(C)c8c1c2c(c34)c(c65)c78.NC(CO)(CO)CO. The number of rotatable bonds is 3. The Kier molecular flexibility index (Phi) is 5.94. The molecule has 11 N–H and O–H groups in total. The maximum Gasteiger partial charge on any atom is 0.190 e. The van der Waals surface area contributed by atoms with Crippen LogP contribution in [0.4, 0.5) is 0 Å². The smallest absolute Gasteiger partial charge is 0.190 e. The Balaban J connectivity index is 0.000000378. The van der Waals surface area contributed by atoms with Gasteiger partial charge in [0.25, 0.3) is 0 Å². The minimum atomic E-state index is -1.21. The lowest BCUT2D eigenvalue weighted by molar-refractivity contribution is 0.0697. The molecule has 234 valence electrons. The number of hydrogen-bond acceptors (Lipinski definition) is 12. The van der Waals surface area contributed by atoms with Crippen LogP contribution in [0.3, 0.4) is 0 Å². The van der Waals surface area contributed by atoms with Crippen LogP contribution in [0.25, 0.3) is 75.4 Å². The van der Waals surface area contributed by atoms with E-state index >= 15 is 0 Å². The van der Waals surface area contributed by atoms with E-state index in [0.717, 1.165) is 12.1 Å². The third-order valence-corrected chi connectivity index (χ3v) is 9.19. The highest BCUT2D eigenvalue weighted by molar-refractivity contribution is 6.51. The van der Waals surface area contributed by atoms with Gasteiger partial charge in [-0.1, -0.05) is 0 Å². The summed E-state index contributed by atoms with van der Waals surface area (Å²) in [5.41, 5.74) is 4.11. The summed E-state index contributed by atoms with van der Waals surface area (Å²) in [5, 5.41) is 94.6. The van der Waals surface area contributed by atoms with Crippen molar-refractivity contribution in [3.63, 3.8) is 0 Å². The molecule has 8 rings (SSSR count). The Labute approximate surface area is 256 Å². The van der Waals surface area contributed by atoms with Gasteiger partial charge in [0.05, 0.1) is 46.9 Å². The molecule has 0 amide bonds. The Morgan fingerprint density at radius 3 is 1.04 bits per heavy atom. The van der Waals surface area contributed by atoms with Crippen molar-refractivity contribution < 1.29 is 46.0 Å². The van der Waals surface area contributed by atoms with E-state index in [1.807, 2.05) is 0 Å². The lowest BCUT2D eigenvalue weighted by atomic mass is 9.78. The predicted molar refractivity (Wildman–Crippen MR) is 174 cm³/mol. The first kappa shape index (κ1) is 29.3. The second-order valence-electron chi connectivity index (χ2n) is 12.0. The summed E-state index contributed by atoms with van der Waals surface area (Å²) in [6.07, 6.45) is 0. The van der Waals surface area contributed by atoms with Crippen molar-refractivity contribution in [2.75, 3.05) is 19.8 Å². The zero-order valence-electron chi connectivity index (χ0n) is 24.3. The van der Waals surface area contributed by atoms with Gasteiger partial charge in [-0.25, -0.2) is 0 Å². The zero-order valence-corrected chi connectivity index (χ0v) is 24.3. The Hall–Kier alpha value is -5.40. The van der Waals surface area contributed by atoms with Gasteiger partial charge in [-0.15, -0.1) is 0 Å². The molecule has 0 saturated carbocycles. The number of aromatic hydroxyl groups is 6. The molecule has 0 atom stereocenters. The first-order chi connectivity index (χ1) is 21.7. The highest BCUT2D eigenvalue weighted by Crippen LogP contribution is 2.60. The monoisotopic (exact) mass is 625 g/mol. The van der Waals surface area contributed by atoms with Crippen LogP contribution in [0.2, 0.25) is 0 Å². The molecule has 0 heterocycles. The molecular formula is C34H27NO11. The van der Waals surface area contributed by atoms with Gasteiger partial charge in [0.1, 0.15) is 34.5 Å². The predicted octanol–water partition coefficient (Wildman–Crippen LogP) is 2.74. The number of aliphatic hydroxyl groups excluding tert-OH is 3. The minimum Gasteiger partial charge on any atom is -0.507 e. The fourth-order valence-corrected chi connectivity index (χ4v) is 7.13. The number of phenols is 6. The van der Waals surface area contributed by atoms with Crippen LogP contribution in [0.1, 0.15) is 11.1 Å². The van der Waals surface area contributed by atoms with E-state index in [1.54, 1.807) is 13.8 Å². The van der Waals surface area contributed by atoms with Crippen LogP contribution in [0.15, 0.2) is 33.9 Å². The summed E-state index contributed by atoms with van der Waals surface area (Å²) >= 11 is 0. The van der Waals surface area contributed by atoms with Crippen molar-refractivity contribution in [2.45, 2.75) is 19.4 Å². The van der Waals surface area contributed by atoms with Gasteiger partial charge in [0.15, 0.2) is 10.9 Å². The lowest BCUT2D eigenvalue weighted by Crippen LogP contribution is -2.50. The molecule has 0 fully saturated rings.